The van der Waals surface area contributed by atoms with Gasteiger partial charge in [-0.3, -0.25) is 9.59 Å². The Morgan fingerprint density at radius 1 is 1.18 bits per heavy atom. The lowest BCUT2D eigenvalue weighted by molar-refractivity contribution is 0.102. The largest absolute Gasteiger partial charge is 0.360 e. The van der Waals surface area contributed by atoms with Gasteiger partial charge in [-0.1, -0.05) is 17.7 Å². The van der Waals surface area contributed by atoms with Crippen molar-refractivity contribution in [2.75, 3.05) is 5.32 Å². The Labute approximate surface area is 129 Å². The number of fused-ring (bicyclic) bond motifs is 1. The van der Waals surface area contributed by atoms with Gasteiger partial charge in [0.1, 0.15) is 11.4 Å². The van der Waals surface area contributed by atoms with E-state index in [-0.39, 0.29) is 10.9 Å². The second-order valence-corrected chi connectivity index (χ2v) is 5.12. The fourth-order valence-corrected chi connectivity index (χ4v) is 2.31. The van der Waals surface area contributed by atoms with Crippen molar-refractivity contribution in [3.05, 3.63) is 75.3 Å². The van der Waals surface area contributed by atoms with Crippen LogP contribution in [0.15, 0.2) is 53.5 Å². The van der Waals surface area contributed by atoms with E-state index in [0.717, 1.165) is 6.07 Å². The number of rotatable bonds is 2. The van der Waals surface area contributed by atoms with Crippen molar-refractivity contribution >= 4 is 34.1 Å². The average Bonchev–Trinajstić information content (AvgIpc) is 2.48. The molecule has 0 aliphatic heterocycles. The lowest BCUT2D eigenvalue weighted by atomic mass is 10.1. The quantitative estimate of drug-likeness (QED) is 0.759. The van der Waals surface area contributed by atoms with Crippen LogP contribution in [0.1, 0.15) is 10.4 Å². The van der Waals surface area contributed by atoms with E-state index in [9.17, 15) is 14.0 Å². The molecule has 1 amide bonds. The molecule has 0 atom stereocenters. The summed E-state index contributed by atoms with van der Waals surface area (Å²) in [6.45, 7) is 0. The molecule has 0 fully saturated rings. The number of halogens is 2. The van der Waals surface area contributed by atoms with Gasteiger partial charge in [0.15, 0.2) is 0 Å². The molecule has 2 N–H and O–H groups in total. The number of carbonyl (C=O) groups is 1. The fourth-order valence-electron chi connectivity index (χ4n) is 2.12. The minimum absolute atomic E-state index is 0.0990. The molecule has 0 saturated heterocycles. The maximum Gasteiger partial charge on any atom is 0.261 e. The number of aromatic amines is 1. The van der Waals surface area contributed by atoms with E-state index in [4.69, 9.17) is 11.6 Å². The number of pyridine rings is 1. The maximum atomic E-state index is 13.3. The van der Waals surface area contributed by atoms with Gasteiger partial charge in [0.05, 0.1) is 0 Å². The van der Waals surface area contributed by atoms with Crippen LogP contribution in [-0.2, 0) is 0 Å². The molecule has 6 heteroatoms. The molecule has 110 valence electrons. The van der Waals surface area contributed by atoms with Crippen molar-refractivity contribution in [2.45, 2.75) is 0 Å². The van der Waals surface area contributed by atoms with E-state index in [0.29, 0.717) is 16.2 Å². The number of benzene rings is 2. The summed E-state index contributed by atoms with van der Waals surface area (Å²) in [4.78, 5) is 27.3. The van der Waals surface area contributed by atoms with Crippen LogP contribution in [0, 0.1) is 5.82 Å². The van der Waals surface area contributed by atoms with Crippen LogP contribution in [0.25, 0.3) is 10.9 Å². The van der Waals surface area contributed by atoms with Crippen molar-refractivity contribution in [1.82, 2.24) is 4.98 Å². The Morgan fingerprint density at radius 3 is 2.77 bits per heavy atom. The highest BCUT2D eigenvalue weighted by atomic mass is 35.5. The predicted octanol–water partition coefficient (Wildman–Crippen LogP) is 3.57. The fraction of sp³-hybridized carbons (Fsp3) is 0. The zero-order valence-electron chi connectivity index (χ0n) is 11.2. The number of carbonyl (C=O) groups excluding carboxylic acids is 1. The van der Waals surface area contributed by atoms with Crippen molar-refractivity contribution in [3.63, 3.8) is 0 Å². The molecule has 2 aromatic carbocycles. The second-order valence-electron chi connectivity index (χ2n) is 4.69. The summed E-state index contributed by atoms with van der Waals surface area (Å²) in [6, 6.07) is 10.4. The molecule has 1 heterocycles. The van der Waals surface area contributed by atoms with Crippen LogP contribution < -0.4 is 10.7 Å². The molecular formula is C16H10ClFN2O2. The molecule has 22 heavy (non-hydrogen) atoms. The molecule has 0 bridgehead atoms. The lowest BCUT2D eigenvalue weighted by Gasteiger charge is -2.06. The molecular weight excluding hydrogens is 307 g/mol. The van der Waals surface area contributed by atoms with E-state index in [1.807, 2.05) is 0 Å². The highest BCUT2D eigenvalue weighted by molar-refractivity contribution is 6.31. The van der Waals surface area contributed by atoms with Crippen LogP contribution in [0.4, 0.5) is 10.1 Å². The molecule has 3 rings (SSSR count). The molecule has 0 aliphatic rings. The molecule has 1 aromatic heterocycles. The van der Waals surface area contributed by atoms with Crippen molar-refractivity contribution in [2.24, 2.45) is 0 Å². The first-order valence-corrected chi connectivity index (χ1v) is 6.80. The number of hydrogen-bond acceptors (Lipinski definition) is 2. The molecule has 3 aromatic rings. The summed E-state index contributed by atoms with van der Waals surface area (Å²) < 4.78 is 13.3. The molecule has 4 nitrogen and oxygen atoms in total. The molecule has 0 aliphatic carbocycles. The molecule has 0 spiro atoms. The number of aromatic nitrogens is 1. The summed E-state index contributed by atoms with van der Waals surface area (Å²) in [5.74, 6) is -1.12. The Kier molecular flexibility index (Phi) is 3.65. The highest BCUT2D eigenvalue weighted by Crippen LogP contribution is 2.16. The van der Waals surface area contributed by atoms with Crippen LogP contribution >= 0.6 is 11.6 Å². The monoisotopic (exact) mass is 316 g/mol. The second kappa shape index (κ2) is 5.61. The zero-order chi connectivity index (χ0) is 15.7. The Hall–Kier alpha value is -2.66. The standard InChI is InChI=1S/C16H10ClFN2O2/c17-9-2-1-3-11(6-9)20-16(22)13-8-19-14-5-4-10(18)7-12(14)15(13)21/h1-8H,(H,19,21)(H,20,22). The summed E-state index contributed by atoms with van der Waals surface area (Å²) in [5, 5.41) is 3.17. The third-order valence-electron chi connectivity index (χ3n) is 3.17. The zero-order valence-corrected chi connectivity index (χ0v) is 11.9. The van der Waals surface area contributed by atoms with Gasteiger partial charge in [-0.15, -0.1) is 0 Å². The molecule has 0 saturated carbocycles. The third-order valence-corrected chi connectivity index (χ3v) is 3.41. The molecule has 0 radical (unpaired) electrons. The number of hydrogen-bond donors (Lipinski definition) is 2. The van der Waals surface area contributed by atoms with Crippen LogP contribution in [0.2, 0.25) is 5.02 Å². The van der Waals surface area contributed by atoms with Crippen LogP contribution in [0.5, 0.6) is 0 Å². The van der Waals surface area contributed by atoms with E-state index < -0.39 is 17.2 Å². The third kappa shape index (κ3) is 2.71. The number of amides is 1. The summed E-state index contributed by atoms with van der Waals surface area (Å²) in [7, 11) is 0. The lowest BCUT2D eigenvalue weighted by Crippen LogP contribution is -2.22. The minimum atomic E-state index is -0.588. The van der Waals surface area contributed by atoms with Gasteiger partial charge in [-0.2, -0.15) is 0 Å². The van der Waals surface area contributed by atoms with Gasteiger partial charge < -0.3 is 10.3 Å². The van der Waals surface area contributed by atoms with Crippen molar-refractivity contribution < 1.29 is 9.18 Å². The Balaban J connectivity index is 2.01. The first kappa shape index (κ1) is 14.3. The van der Waals surface area contributed by atoms with E-state index >= 15 is 0 Å². The van der Waals surface area contributed by atoms with Crippen LogP contribution in [0.3, 0.4) is 0 Å². The summed E-state index contributed by atoms with van der Waals surface area (Å²) in [5.41, 5.74) is 0.299. The predicted molar refractivity (Wildman–Crippen MR) is 83.9 cm³/mol. The van der Waals surface area contributed by atoms with Gasteiger partial charge in [0, 0.05) is 27.8 Å². The van der Waals surface area contributed by atoms with Gasteiger partial charge >= 0.3 is 0 Å². The van der Waals surface area contributed by atoms with E-state index in [1.54, 1.807) is 24.3 Å². The van der Waals surface area contributed by atoms with Crippen LogP contribution in [-0.4, -0.2) is 10.9 Å². The number of anilines is 1. The van der Waals surface area contributed by atoms with Gasteiger partial charge in [0.25, 0.3) is 5.91 Å². The summed E-state index contributed by atoms with van der Waals surface area (Å²) in [6.07, 6.45) is 1.31. The Bertz CT molecular complexity index is 937. The molecule has 0 unspecified atom stereocenters. The number of nitrogens with one attached hydrogen (secondary N) is 2. The maximum absolute atomic E-state index is 13.3. The van der Waals surface area contributed by atoms with Crippen molar-refractivity contribution in [1.29, 1.82) is 0 Å². The van der Waals surface area contributed by atoms with Gasteiger partial charge in [-0.25, -0.2) is 4.39 Å². The first-order valence-electron chi connectivity index (χ1n) is 6.42. The normalized spacial score (nSPS) is 10.6. The Morgan fingerprint density at radius 2 is 2.00 bits per heavy atom. The van der Waals surface area contributed by atoms with Crippen molar-refractivity contribution in [3.8, 4) is 0 Å². The highest BCUT2D eigenvalue weighted by Gasteiger charge is 2.13. The first-order chi connectivity index (χ1) is 10.5. The SMILES string of the molecule is O=C(Nc1cccc(Cl)c1)c1c[nH]c2ccc(F)cc2c1=O. The van der Waals surface area contributed by atoms with E-state index in [2.05, 4.69) is 10.3 Å². The smallest absolute Gasteiger partial charge is 0.261 e. The minimum Gasteiger partial charge on any atom is -0.360 e. The topological polar surface area (TPSA) is 62.0 Å². The summed E-state index contributed by atoms with van der Waals surface area (Å²) >= 11 is 5.84. The van der Waals surface area contributed by atoms with Gasteiger partial charge in [0.2, 0.25) is 5.43 Å². The van der Waals surface area contributed by atoms with E-state index in [1.165, 1.54) is 18.3 Å². The van der Waals surface area contributed by atoms with Gasteiger partial charge in [-0.05, 0) is 36.4 Å². The number of H-pyrrole nitrogens is 1. The average molecular weight is 317 g/mol.